The number of fused-ring (bicyclic) bond motifs is 2. The monoisotopic (exact) mass is 384 g/mol. The molecular weight excluding hydrogens is 366 g/mol. The van der Waals surface area contributed by atoms with Crippen LogP contribution in [0.25, 0.3) is 10.9 Å². The van der Waals surface area contributed by atoms with E-state index in [0.29, 0.717) is 6.42 Å². The third-order valence-electron chi connectivity index (χ3n) is 5.20. The van der Waals surface area contributed by atoms with E-state index in [0.717, 1.165) is 23.3 Å². The number of ether oxygens (including phenoxy) is 1. The van der Waals surface area contributed by atoms with E-state index in [1.54, 1.807) is 0 Å². The first-order valence-electron chi connectivity index (χ1n) is 8.89. The average Bonchev–Trinajstić information content (AvgIpc) is 3.24. The van der Waals surface area contributed by atoms with E-state index in [-0.39, 0.29) is 40.9 Å². The number of aromatic amines is 1. The molecule has 2 atom stereocenters. The standard InChI is InChI=1S/C21H18F2N2O3/c1-28-19(26)10-15-14-5-3-2-4-11(14)7-17(15)25-21(27)18-8-12-6-13(22)9-16(23)20(12)24-18/h2-6,8-9,15,17,24H,7,10H2,1H3,(H,25,27)/t15-,17-/m1/s1. The number of hydrogen-bond acceptors (Lipinski definition) is 3. The summed E-state index contributed by atoms with van der Waals surface area (Å²) in [5.74, 6) is -2.48. The van der Waals surface area contributed by atoms with Crippen molar-refractivity contribution in [3.63, 3.8) is 0 Å². The van der Waals surface area contributed by atoms with Gasteiger partial charge in [0.15, 0.2) is 0 Å². The molecule has 1 aliphatic rings. The topological polar surface area (TPSA) is 71.2 Å². The summed E-state index contributed by atoms with van der Waals surface area (Å²) in [5.41, 5.74) is 2.27. The van der Waals surface area contributed by atoms with Gasteiger partial charge in [-0.05, 0) is 29.7 Å². The van der Waals surface area contributed by atoms with Crippen LogP contribution in [0, 0.1) is 11.6 Å². The molecule has 1 heterocycles. The smallest absolute Gasteiger partial charge is 0.306 e. The van der Waals surface area contributed by atoms with E-state index in [2.05, 4.69) is 10.3 Å². The lowest BCUT2D eigenvalue weighted by Crippen LogP contribution is -2.38. The summed E-state index contributed by atoms with van der Waals surface area (Å²) in [4.78, 5) is 27.3. The van der Waals surface area contributed by atoms with Crippen molar-refractivity contribution in [3.05, 3.63) is 70.9 Å². The second-order valence-electron chi connectivity index (χ2n) is 6.90. The molecule has 0 bridgehead atoms. The van der Waals surface area contributed by atoms with Gasteiger partial charge in [0.2, 0.25) is 0 Å². The Morgan fingerprint density at radius 2 is 2.00 bits per heavy atom. The second-order valence-corrected chi connectivity index (χ2v) is 6.90. The number of aromatic nitrogens is 1. The minimum absolute atomic E-state index is 0.0763. The Hall–Kier alpha value is -3.22. The molecule has 0 saturated carbocycles. The molecule has 3 aromatic rings. The van der Waals surface area contributed by atoms with Crippen LogP contribution in [0.15, 0.2) is 42.5 Å². The number of nitrogens with one attached hydrogen (secondary N) is 2. The number of halogens is 2. The molecule has 0 aliphatic heterocycles. The summed E-state index contributed by atoms with van der Waals surface area (Å²) in [6.07, 6.45) is 0.720. The van der Waals surface area contributed by atoms with Crippen LogP contribution < -0.4 is 5.32 Å². The predicted octanol–water partition coefficient (Wildman–Crippen LogP) is 3.45. The van der Waals surface area contributed by atoms with Crippen molar-refractivity contribution in [3.8, 4) is 0 Å². The predicted molar refractivity (Wildman–Crippen MR) is 99.0 cm³/mol. The number of carbonyl (C=O) groups excluding carboxylic acids is 2. The summed E-state index contributed by atoms with van der Waals surface area (Å²) < 4.78 is 32.1. The Balaban J connectivity index is 1.60. The minimum Gasteiger partial charge on any atom is -0.469 e. The van der Waals surface area contributed by atoms with E-state index < -0.39 is 17.5 Å². The lowest BCUT2D eigenvalue weighted by Gasteiger charge is -2.20. The van der Waals surface area contributed by atoms with E-state index >= 15 is 0 Å². The van der Waals surface area contributed by atoms with Crippen LogP contribution >= 0.6 is 0 Å². The molecule has 0 fully saturated rings. The Morgan fingerprint density at radius 1 is 1.21 bits per heavy atom. The van der Waals surface area contributed by atoms with Gasteiger partial charge in [0.25, 0.3) is 5.91 Å². The highest BCUT2D eigenvalue weighted by molar-refractivity contribution is 5.98. The molecule has 1 aliphatic carbocycles. The summed E-state index contributed by atoms with van der Waals surface area (Å²) in [6.45, 7) is 0. The molecule has 0 spiro atoms. The number of rotatable bonds is 4. The zero-order valence-electron chi connectivity index (χ0n) is 15.1. The number of H-pyrrole nitrogens is 1. The molecular formula is C21H18F2N2O3. The molecule has 0 unspecified atom stereocenters. The molecule has 2 aromatic carbocycles. The molecule has 7 heteroatoms. The summed E-state index contributed by atoms with van der Waals surface area (Å²) in [7, 11) is 1.33. The molecule has 1 aromatic heterocycles. The van der Waals surface area contributed by atoms with Crippen molar-refractivity contribution in [2.75, 3.05) is 7.11 Å². The number of esters is 1. The second kappa shape index (κ2) is 7.07. The molecule has 1 amide bonds. The third kappa shape index (κ3) is 3.24. The van der Waals surface area contributed by atoms with E-state index in [9.17, 15) is 18.4 Å². The third-order valence-corrected chi connectivity index (χ3v) is 5.20. The zero-order chi connectivity index (χ0) is 19.8. The lowest BCUT2D eigenvalue weighted by atomic mass is 9.94. The fourth-order valence-corrected chi connectivity index (χ4v) is 3.88. The van der Waals surface area contributed by atoms with E-state index in [4.69, 9.17) is 4.74 Å². The first-order chi connectivity index (χ1) is 13.5. The van der Waals surface area contributed by atoms with Crippen molar-refractivity contribution >= 4 is 22.8 Å². The van der Waals surface area contributed by atoms with Crippen molar-refractivity contribution in [1.29, 1.82) is 0 Å². The number of hydrogen-bond donors (Lipinski definition) is 2. The maximum Gasteiger partial charge on any atom is 0.306 e. The van der Waals surface area contributed by atoms with Crippen LogP contribution in [-0.4, -0.2) is 30.0 Å². The molecule has 2 N–H and O–H groups in total. The molecule has 4 rings (SSSR count). The van der Waals surface area contributed by atoms with Gasteiger partial charge in [0.05, 0.1) is 19.0 Å². The van der Waals surface area contributed by atoms with Crippen molar-refractivity contribution in [1.82, 2.24) is 10.3 Å². The van der Waals surface area contributed by atoms with E-state index in [1.165, 1.54) is 13.2 Å². The summed E-state index contributed by atoms with van der Waals surface area (Å²) in [6, 6.07) is 10.7. The van der Waals surface area contributed by atoms with Gasteiger partial charge in [-0.3, -0.25) is 9.59 Å². The fourth-order valence-electron chi connectivity index (χ4n) is 3.88. The van der Waals surface area contributed by atoms with Crippen LogP contribution in [-0.2, 0) is 16.0 Å². The van der Waals surface area contributed by atoms with Crippen molar-refractivity contribution < 1.29 is 23.1 Å². The number of methoxy groups -OCH3 is 1. The molecule has 0 radical (unpaired) electrons. The maximum atomic E-state index is 13.9. The minimum atomic E-state index is -0.758. The first-order valence-corrected chi connectivity index (χ1v) is 8.89. The van der Waals surface area contributed by atoms with Gasteiger partial charge in [-0.2, -0.15) is 0 Å². The summed E-state index contributed by atoms with van der Waals surface area (Å²) in [5, 5.41) is 3.20. The SMILES string of the molecule is COC(=O)C[C@@H]1c2ccccc2C[C@H]1NC(=O)c1cc2cc(F)cc(F)c2[nH]1. The normalized spacial score (nSPS) is 18.1. The van der Waals surface area contributed by atoms with Gasteiger partial charge in [-0.15, -0.1) is 0 Å². The van der Waals surface area contributed by atoms with Gasteiger partial charge < -0.3 is 15.0 Å². The fraction of sp³-hybridized carbons (Fsp3) is 0.238. The Kier molecular flexibility index (Phi) is 4.58. The van der Waals surface area contributed by atoms with Crippen LogP contribution in [0.5, 0.6) is 0 Å². The van der Waals surface area contributed by atoms with Crippen LogP contribution in [0.2, 0.25) is 0 Å². The number of amides is 1. The maximum absolute atomic E-state index is 13.9. The van der Waals surface area contributed by atoms with Crippen molar-refractivity contribution in [2.24, 2.45) is 0 Å². The molecule has 0 saturated heterocycles. The quantitative estimate of drug-likeness (QED) is 0.677. The lowest BCUT2D eigenvalue weighted by molar-refractivity contribution is -0.141. The Labute approximate surface area is 159 Å². The van der Waals surface area contributed by atoms with Gasteiger partial charge in [-0.1, -0.05) is 24.3 Å². The van der Waals surface area contributed by atoms with Crippen LogP contribution in [0.3, 0.4) is 0 Å². The Bertz CT molecular complexity index is 1080. The largest absolute Gasteiger partial charge is 0.469 e. The zero-order valence-corrected chi connectivity index (χ0v) is 15.1. The van der Waals surface area contributed by atoms with Gasteiger partial charge >= 0.3 is 5.97 Å². The van der Waals surface area contributed by atoms with Crippen molar-refractivity contribution in [2.45, 2.75) is 24.8 Å². The molecule has 5 nitrogen and oxygen atoms in total. The highest BCUT2D eigenvalue weighted by atomic mass is 19.1. The average molecular weight is 384 g/mol. The van der Waals surface area contributed by atoms with E-state index in [1.807, 2.05) is 24.3 Å². The number of carbonyl (C=O) groups is 2. The molecule has 144 valence electrons. The van der Waals surface area contributed by atoms with Crippen LogP contribution in [0.1, 0.15) is 34.0 Å². The number of benzene rings is 2. The highest BCUT2D eigenvalue weighted by Crippen LogP contribution is 2.36. The van der Waals surface area contributed by atoms with Gasteiger partial charge in [-0.25, -0.2) is 8.78 Å². The Morgan fingerprint density at radius 3 is 2.79 bits per heavy atom. The highest BCUT2D eigenvalue weighted by Gasteiger charge is 2.35. The van der Waals surface area contributed by atoms with Gasteiger partial charge in [0.1, 0.15) is 17.3 Å². The van der Waals surface area contributed by atoms with Gasteiger partial charge in [0, 0.05) is 23.4 Å². The molecule has 28 heavy (non-hydrogen) atoms. The van der Waals surface area contributed by atoms with Crippen LogP contribution in [0.4, 0.5) is 8.78 Å². The first kappa shape index (κ1) is 18.2. The summed E-state index contributed by atoms with van der Waals surface area (Å²) >= 11 is 0.